The first-order chi connectivity index (χ1) is 9.70. The van der Waals surface area contributed by atoms with Crippen molar-refractivity contribution < 1.29 is 0 Å². The SMILES string of the molecule is C=NCN[C@@H]1CC2(CC)CN(C(=C=CCC)SN)C[C@@H]12. The molecule has 3 atom stereocenters. The summed E-state index contributed by atoms with van der Waals surface area (Å²) in [4.78, 5) is 6.32. The Kier molecular flexibility index (Phi) is 5.33. The Morgan fingerprint density at radius 2 is 2.45 bits per heavy atom. The van der Waals surface area contributed by atoms with E-state index in [4.69, 9.17) is 5.14 Å². The Bertz CT molecular complexity index is 416. The fraction of sp³-hybridized carbons (Fsp3) is 0.733. The molecule has 1 aliphatic carbocycles. The van der Waals surface area contributed by atoms with E-state index in [1.165, 1.54) is 24.8 Å². The summed E-state index contributed by atoms with van der Waals surface area (Å²) in [5.41, 5.74) is 3.79. The molecule has 1 saturated carbocycles. The predicted molar refractivity (Wildman–Crippen MR) is 87.4 cm³/mol. The zero-order chi connectivity index (χ0) is 14.6. The third-order valence-electron chi connectivity index (χ3n) is 4.82. The smallest absolute Gasteiger partial charge is 0.129 e. The maximum absolute atomic E-state index is 5.82. The van der Waals surface area contributed by atoms with Crippen molar-refractivity contribution in [2.75, 3.05) is 19.8 Å². The summed E-state index contributed by atoms with van der Waals surface area (Å²) in [7, 11) is 0. The minimum atomic E-state index is 0.452. The molecule has 1 saturated heterocycles. The van der Waals surface area contributed by atoms with Gasteiger partial charge in [0, 0.05) is 19.1 Å². The van der Waals surface area contributed by atoms with E-state index in [1.807, 2.05) is 0 Å². The van der Waals surface area contributed by atoms with Crippen molar-refractivity contribution in [2.45, 2.75) is 39.2 Å². The van der Waals surface area contributed by atoms with Crippen molar-refractivity contribution in [3.63, 3.8) is 0 Å². The highest BCUT2D eigenvalue weighted by Gasteiger charge is 2.57. The van der Waals surface area contributed by atoms with Gasteiger partial charge in [-0.3, -0.25) is 15.4 Å². The molecule has 3 N–H and O–H groups in total. The van der Waals surface area contributed by atoms with Crippen molar-refractivity contribution in [3.8, 4) is 0 Å². The van der Waals surface area contributed by atoms with Gasteiger partial charge in [-0.25, -0.2) is 0 Å². The van der Waals surface area contributed by atoms with Gasteiger partial charge >= 0.3 is 0 Å². The molecule has 20 heavy (non-hydrogen) atoms. The maximum atomic E-state index is 5.82. The predicted octanol–water partition coefficient (Wildman–Crippen LogP) is 2.35. The van der Waals surface area contributed by atoms with Crippen LogP contribution in [-0.2, 0) is 0 Å². The zero-order valence-electron chi connectivity index (χ0n) is 12.6. The van der Waals surface area contributed by atoms with Gasteiger partial charge < -0.3 is 4.90 Å². The Labute approximate surface area is 126 Å². The molecule has 0 amide bonds. The lowest BCUT2D eigenvalue weighted by atomic mass is 9.57. The maximum Gasteiger partial charge on any atom is 0.129 e. The van der Waals surface area contributed by atoms with Gasteiger partial charge in [0.2, 0.25) is 0 Å². The highest BCUT2D eigenvalue weighted by molar-refractivity contribution is 8.00. The number of allylic oxidation sites excluding steroid dienone is 1. The van der Waals surface area contributed by atoms with Gasteiger partial charge in [-0.2, -0.15) is 0 Å². The number of hydrogen-bond donors (Lipinski definition) is 2. The van der Waals surface area contributed by atoms with E-state index in [0.717, 1.165) is 24.5 Å². The van der Waals surface area contributed by atoms with E-state index < -0.39 is 0 Å². The van der Waals surface area contributed by atoms with Crippen LogP contribution >= 0.6 is 11.9 Å². The number of fused-ring (bicyclic) bond motifs is 1. The summed E-state index contributed by atoms with van der Waals surface area (Å²) in [5.74, 6) is 0.694. The van der Waals surface area contributed by atoms with Crippen LogP contribution in [0.5, 0.6) is 0 Å². The standard InChI is InChI=1S/C15H26N4S/c1-4-6-7-14(20-16)19-9-12-13(18-11-17-3)8-15(12,5-2)10-19/h6,12-13,18H,3-5,8-11,16H2,1-2H3/t7?,12-,13+,15?/m0/s1. The minimum Gasteiger partial charge on any atom is -0.358 e. The van der Waals surface area contributed by atoms with Gasteiger partial charge in [-0.05, 0) is 55.3 Å². The Balaban J connectivity index is 2.07. The van der Waals surface area contributed by atoms with Crippen LogP contribution in [0.2, 0.25) is 0 Å². The minimum absolute atomic E-state index is 0.452. The van der Waals surface area contributed by atoms with Crippen LogP contribution in [0.25, 0.3) is 0 Å². The lowest BCUT2D eigenvalue weighted by molar-refractivity contribution is 0.0299. The first-order valence-electron chi connectivity index (χ1n) is 7.43. The van der Waals surface area contributed by atoms with E-state index in [-0.39, 0.29) is 0 Å². The van der Waals surface area contributed by atoms with E-state index in [1.54, 1.807) is 0 Å². The van der Waals surface area contributed by atoms with Gasteiger partial charge in [0.25, 0.3) is 0 Å². The first-order valence-corrected chi connectivity index (χ1v) is 8.31. The second-order valence-corrected chi connectivity index (χ2v) is 6.40. The molecule has 5 heteroatoms. The van der Waals surface area contributed by atoms with Gasteiger partial charge in [0.05, 0.1) is 6.67 Å². The number of nitrogens with zero attached hydrogens (tertiary/aromatic N) is 2. The molecule has 1 heterocycles. The molecule has 0 radical (unpaired) electrons. The summed E-state index contributed by atoms with van der Waals surface area (Å²) in [6.45, 7) is 10.8. The van der Waals surface area contributed by atoms with Crippen LogP contribution < -0.4 is 10.5 Å². The van der Waals surface area contributed by atoms with Crippen molar-refractivity contribution in [1.82, 2.24) is 10.2 Å². The normalized spacial score (nSPS) is 31.2. The van der Waals surface area contributed by atoms with Gasteiger partial charge in [-0.1, -0.05) is 19.6 Å². The van der Waals surface area contributed by atoms with Crippen LogP contribution in [0.15, 0.2) is 21.8 Å². The van der Waals surface area contributed by atoms with Crippen LogP contribution in [0.4, 0.5) is 0 Å². The van der Waals surface area contributed by atoms with Gasteiger partial charge in [0.1, 0.15) is 5.03 Å². The number of rotatable bonds is 7. The van der Waals surface area contributed by atoms with E-state index in [9.17, 15) is 0 Å². The number of nitrogens with two attached hydrogens (primary N) is 1. The van der Waals surface area contributed by atoms with Crippen LogP contribution in [0.1, 0.15) is 33.1 Å². The highest BCUT2D eigenvalue weighted by atomic mass is 32.2. The average molecular weight is 294 g/mol. The average Bonchev–Trinajstić information content (AvgIpc) is 2.75. The second kappa shape index (κ2) is 6.81. The molecule has 112 valence electrons. The quantitative estimate of drug-likeness (QED) is 0.430. The largest absolute Gasteiger partial charge is 0.358 e. The van der Waals surface area contributed by atoms with Crippen LogP contribution in [0.3, 0.4) is 0 Å². The molecule has 0 aromatic carbocycles. The van der Waals surface area contributed by atoms with E-state index in [0.29, 0.717) is 24.0 Å². The fourth-order valence-corrected chi connectivity index (χ4v) is 4.08. The zero-order valence-corrected chi connectivity index (χ0v) is 13.4. The highest BCUT2D eigenvalue weighted by Crippen LogP contribution is 2.55. The molecular formula is C15H26N4S. The van der Waals surface area contributed by atoms with Crippen molar-refractivity contribution in [3.05, 3.63) is 16.8 Å². The molecule has 0 bridgehead atoms. The first kappa shape index (κ1) is 15.6. The number of nitrogens with one attached hydrogen (secondary N) is 1. The summed E-state index contributed by atoms with van der Waals surface area (Å²) in [6.07, 6.45) is 5.52. The van der Waals surface area contributed by atoms with Crippen LogP contribution in [-0.4, -0.2) is 37.4 Å². The topological polar surface area (TPSA) is 53.7 Å². The third-order valence-corrected chi connectivity index (χ3v) is 5.42. The fourth-order valence-electron chi connectivity index (χ4n) is 3.64. The molecule has 0 aromatic heterocycles. The Hall–Kier alpha value is -0.740. The number of likely N-dealkylation sites (tertiary alicyclic amines) is 1. The molecule has 1 aliphatic heterocycles. The summed E-state index contributed by atoms with van der Waals surface area (Å²) in [5, 5.41) is 10.4. The van der Waals surface area contributed by atoms with Crippen LogP contribution in [0, 0.1) is 11.3 Å². The van der Waals surface area contributed by atoms with Crippen molar-refractivity contribution >= 4 is 18.7 Å². The summed E-state index contributed by atoms with van der Waals surface area (Å²) < 4.78 is 0. The third kappa shape index (κ3) is 2.82. The molecule has 2 aliphatic rings. The second-order valence-electron chi connectivity index (χ2n) is 5.78. The van der Waals surface area contributed by atoms with Gasteiger partial charge in [-0.15, -0.1) is 0 Å². The van der Waals surface area contributed by atoms with Crippen molar-refractivity contribution in [1.29, 1.82) is 0 Å². The molecule has 0 spiro atoms. The lowest BCUT2D eigenvalue weighted by Gasteiger charge is -2.50. The molecule has 4 nitrogen and oxygen atoms in total. The lowest BCUT2D eigenvalue weighted by Crippen LogP contribution is -2.57. The Morgan fingerprint density at radius 1 is 1.65 bits per heavy atom. The van der Waals surface area contributed by atoms with Gasteiger partial charge in [0.15, 0.2) is 0 Å². The van der Waals surface area contributed by atoms with E-state index in [2.05, 4.69) is 47.6 Å². The number of hydrogen-bond acceptors (Lipinski definition) is 5. The number of aliphatic imine (C=N–C) groups is 1. The summed E-state index contributed by atoms with van der Waals surface area (Å²) >= 11 is 1.32. The molecule has 0 aromatic rings. The monoisotopic (exact) mass is 294 g/mol. The Morgan fingerprint density at radius 3 is 3.05 bits per heavy atom. The van der Waals surface area contributed by atoms with E-state index >= 15 is 0 Å². The summed E-state index contributed by atoms with van der Waals surface area (Å²) in [6, 6.07) is 0.574. The molecule has 2 fully saturated rings. The molecule has 1 unspecified atom stereocenters. The molecule has 2 rings (SSSR count). The van der Waals surface area contributed by atoms with Crippen molar-refractivity contribution in [2.24, 2.45) is 21.5 Å². The molecular weight excluding hydrogens is 268 g/mol.